The molecule has 0 saturated heterocycles. The van der Waals surface area contributed by atoms with Gasteiger partial charge in [-0.1, -0.05) is 41.4 Å². The molecule has 0 unspecified atom stereocenters. The minimum atomic E-state index is -0.00570. The van der Waals surface area contributed by atoms with Crippen LogP contribution < -0.4 is 4.57 Å². The van der Waals surface area contributed by atoms with Gasteiger partial charge in [-0.25, -0.2) is 0 Å². The van der Waals surface area contributed by atoms with Crippen LogP contribution in [0.15, 0.2) is 60.9 Å². The summed E-state index contributed by atoms with van der Waals surface area (Å²) in [6.07, 6.45) is 3.86. The predicted octanol–water partition coefficient (Wildman–Crippen LogP) is 4.32. The van der Waals surface area contributed by atoms with Gasteiger partial charge in [0.15, 0.2) is 12.4 Å². The van der Waals surface area contributed by atoms with Crippen LogP contribution in [-0.4, -0.2) is 5.78 Å². The first-order valence-corrected chi connectivity index (χ1v) is 7.25. The van der Waals surface area contributed by atoms with Gasteiger partial charge in [0.2, 0.25) is 12.3 Å². The van der Waals surface area contributed by atoms with E-state index in [0.29, 0.717) is 15.6 Å². The molecule has 0 fully saturated rings. The molecule has 0 aliphatic heterocycles. The molecule has 2 aromatic carbocycles. The molecule has 0 saturated carbocycles. The van der Waals surface area contributed by atoms with Crippen LogP contribution in [0.25, 0.3) is 10.8 Å². The fourth-order valence-electron chi connectivity index (χ4n) is 2.20. The molecule has 0 N–H and O–H groups in total. The minimum Gasteiger partial charge on any atom is -0.287 e. The molecule has 0 amide bonds. The van der Waals surface area contributed by atoms with Gasteiger partial charge in [-0.05, 0) is 29.7 Å². The van der Waals surface area contributed by atoms with Gasteiger partial charge >= 0.3 is 0 Å². The van der Waals surface area contributed by atoms with Crippen LogP contribution in [0.5, 0.6) is 0 Å². The number of aromatic nitrogens is 1. The van der Waals surface area contributed by atoms with Crippen LogP contribution in [0, 0.1) is 0 Å². The van der Waals surface area contributed by atoms with Crippen molar-refractivity contribution in [3.63, 3.8) is 0 Å². The summed E-state index contributed by atoms with van der Waals surface area (Å²) >= 11 is 11.8. The number of halogens is 2. The van der Waals surface area contributed by atoms with Crippen molar-refractivity contribution in [2.24, 2.45) is 0 Å². The maximum Gasteiger partial charge on any atom is 0.227 e. The Hall–Kier alpha value is -1.90. The Morgan fingerprint density at radius 1 is 0.952 bits per heavy atom. The maximum atomic E-state index is 12.3. The van der Waals surface area contributed by atoms with Crippen molar-refractivity contribution < 1.29 is 9.36 Å². The van der Waals surface area contributed by atoms with E-state index < -0.39 is 0 Å². The molecule has 3 aromatic rings. The van der Waals surface area contributed by atoms with E-state index in [-0.39, 0.29) is 12.3 Å². The lowest BCUT2D eigenvalue weighted by Crippen LogP contribution is -2.37. The van der Waals surface area contributed by atoms with E-state index >= 15 is 0 Å². The second-order valence-electron chi connectivity index (χ2n) is 4.80. The Labute approximate surface area is 132 Å². The first-order valence-electron chi connectivity index (χ1n) is 6.49. The Bertz CT molecular complexity index is 830. The van der Waals surface area contributed by atoms with Crippen molar-refractivity contribution in [2.75, 3.05) is 0 Å². The van der Waals surface area contributed by atoms with E-state index in [1.165, 1.54) is 0 Å². The molecule has 0 bridgehead atoms. The van der Waals surface area contributed by atoms with E-state index in [2.05, 4.69) is 0 Å². The van der Waals surface area contributed by atoms with Gasteiger partial charge < -0.3 is 0 Å². The molecule has 1 heterocycles. The van der Waals surface area contributed by atoms with E-state index in [0.717, 1.165) is 10.8 Å². The second kappa shape index (κ2) is 5.84. The van der Waals surface area contributed by atoms with Gasteiger partial charge in [-0.2, -0.15) is 4.57 Å². The molecule has 104 valence electrons. The lowest BCUT2D eigenvalue weighted by molar-refractivity contribution is -0.681. The van der Waals surface area contributed by atoms with Crippen molar-refractivity contribution >= 4 is 39.8 Å². The second-order valence-corrected chi connectivity index (χ2v) is 5.61. The van der Waals surface area contributed by atoms with Gasteiger partial charge in [0.1, 0.15) is 0 Å². The summed E-state index contributed by atoms with van der Waals surface area (Å²) in [5.41, 5.74) is 0.560. The van der Waals surface area contributed by atoms with Crippen molar-refractivity contribution in [2.45, 2.75) is 6.54 Å². The van der Waals surface area contributed by atoms with Crippen LogP contribution in [-0.2, 0) is 6.54 Å². The molecular formula is C17H12Cl2NO+. The number of benzene rings is 2. The number of Topliss-reactive ketones (excluding diaryl/α,β-unsaturated/α-hetero) is 1. The number of rotatable bonds is 3. The standard InChI is InChI=1S/C17H12Cl2NO/c18-15-6-5-13(9-16(15)19)17(21)11-20-8-7-12-3-1-2-4-14(12)10-20/h1-10H,11H2/q+1. The van der Waals surface area contributed by atoms with Gasteiger partial charge in [-0.15, -0.1) is 0 Å². The molecule has 4 heteroatoms. The monoisotopic (exact) mass is 316 g/mol. The molecule has 1 aromatic heterocycles. The predicted molar refractivity (Wildman–Crippen MR) is 84.9 cm³/mol. The molecular weight excluding hydrogens is 305 g/mol. The smallest absolute Gasteiger partial charge is 0.227 e. The molecule has 2 nitrogen and oxygen atoms in total. The van der Waals surface area contributed by atoms with Crippen LogP contribution in [0.3, 0.4) is 0 Å². The third kappa shape index (κ3) is 3.07. The normalized spacial score (nSPS) is 10.8. The largest absolute Gasteiger partial charge is 0.287 e. The first kappa shape index (κ1) is 14.1. The number of hydrogen-bond donors (Lipinski definition) is 0. The summed E-state index contributed by atoms with van der Waals surface area (Å²) in [6, 6.07) is 15.0. The zero-order chi connectivity index (χ0) is 14.8. The molecule has 0 spiro atoms. The zero-order valence-corrected chi connectivity index (χ0v) is 12.6. The highest BCUT2D eigenvalue weighted by Crippen LogP contribution is 2.22. The fraction of sp³-hybridized carbons (Fsp3) is 0.0588. The highest BCUT2D eigenvalue weighted by Gasteiger charge is 2.13. The van der Waals surface area contributed by atoms with Crippen molar-refractivity contribution in [1.82, 2.24) is 0 Å². The summed E-state index contributed by atoms with van der Waals surface area (Å²) in [7, 11) is 0. The summed E-state index contributed by atoms with van der Waals surface area (Å²) in [5.74, 6) is -0.00570. The topological polar surface area (TPSA) is 20.9 Å². The number of fused-ring (bicyclic) bond motifs is 1. The zero-order valence-electron chi connectivity index (χ0n) is 11.1. The summed E-state index contributed by atoms with van der Waals surface area (Å²) in [5, 5.41) is 3.09. The lowest BCUT2D eigenvalue weighted by atomic mass is 10.1. The number of ketones is 1. The third-order valence-electron chi connectivity index (χ3n) is 3.31. The van der Waals surface area contributed by atoms with E-state index in [1.807, 2.05) is 47.3 Å². The van der Waals surface area contributed by atoms with Crippen LogP contribution in [0.1, 0.15) is 10.4 Å². The average molecular weight is 317 g/mol. The van der Waals surface area contributed by atoms with Crippen molar-refractivity contribution in [1.29, 1.82) is 0 Å². The summed E-state index contributed by atoms with van der Waals surface area (Å²) in [6.45, 7) is 0.267. The van der Waals surface area contributed by atoms with E-state index in [4.69, 9.17) is 23.2 Å². The van der Waals surface area contributed by atoms with Crippen molar-refractivity contribution in [3.05, 3.63) is 76.5 Å². The van der Waals surface area contributed by atoms with Gasteiger partial charge in [0, 0.05) is 17.0 Å². The highest BCUT2D eigenvalue weighted by atomic mass is 35.5. The fourth-order valence-corrected chi connectivity index (χ4v) is 2.50. The number of hydrogen-bond acceptors (Lipinski definition) is 1. The van der Waals surface area contributed by atoms with Crippen molar-refractivity contribution in [3.8, 4) is 0 Å². The Balaban J connectivity index is 1.87. The molecule has 0 radical (unpaired) electrons. The minimum absolute atomic E-state index is 0.00570. The quantitative estimate of drug-likeness (QED) is 0.521. The first-order chi connectivity index (χ1) is 10.1. The third-order valence-corrected chi connectivity index (χ3v) is 4.05. The van der Waals surface area contributed by atoms with E-state index in [1.54, 1.807) is 18.2 Å². The van der Waals surface area contributed by atoms with Crippen LogP contribution in [0.4, 0.5) is 0 Å². The lowest BCUT2D eigenvalue weighted by Gasteiger charge is -2.01. The average Bonchev–Trinajstić information content (AvgIpc) is 2.50. The molecule has 0 aliphatic carbocycles. The molecule has 0 aliphatic rings. The number of nitrogens with zero attached hydrogens (tertiary/aromatic N) is 1. The van der Waals surface area contributed by atoms with Crippen LogP contribution >= 0.6 is 23.2 Å². The highest BCUT2D eigenvalue weighted by molar-refractivity contribution is 6.42. The van der Waals surface area contributed by atoms with Gasteiger partial charge in [0.25, 0.3) is 0 Å². The number of carbonyl (C=O) groups excluding carboxylic acids is 1. The Morgan fingerprint density at radius 3 is 2.48 bits per heavy atom. The summed E-state index contributed by atoms with van der Waals surface area (Å²) < 4.78 is 1.87. The van der Waals surface area contributed by atoms with Gasteiger partial charge in [0.05, 0.1) is 10.0 Å². The number of pyridine rings is 1. The molecule has 3 rings (SSSR count). The number of carbonyl (C=O) groups is 1. The van der Waals surface area contributed by atoms with E-state index in [9.17, 15) is 4.79 Å². The SMILES string of the molecule is O=C(C[n+]1ccc2ccccc2c1)c1ccc(Cl)c(Cl)c1. The van der Waals surface area contributed by atoms with Crippen LogP contribution in [0.2, 0.25) is 10.0 Å². The molecule has 21 heavy (non-hydrogen) atoms. The van der Waals surface area contributed by atoms with Gasteiger partial charge in [-0.3, -0.25) is 4.79 Å². The Morgan fingerprint density at radius 2 is 1.71 bits per heavy atom. The Kier molecular flexibility index (Phi) is 3.91. The summed E-state index contributed by atoms with van der Waals surface area (Å²) in [4.78, 5) is 12.3. The molecule has 0 atom stereocenters. The maximum absolute atomic E-state index is 12.3.